The molecule has 3 aromatic rings. The van der Waals surface area contributed by atoms with Gasteiger partial charge in [0, 0.05) is 32.7 Å². The summed E-state index contributed by atoms with van der Waals surface area (Å²) in [5.74, 6) is 0.542. The Balaban J connectivity index is 2.01. The molecule has 3 aromatic carbocycles. The molecule has 0 spiro atoms. The molecule has 2 unspecified atom stereocenters. The normalized spacial score (nSPS) is 12.6. The van der Waals surface area contributed by atoms with Crippen LogP contribution < -0.4 is 9.47 Å². The van der Waals surface area contributed by atoms with E-state index in [2.05, 4.69) is 19.2 Å². The zero-order valence-corrected chi connectivity index (χ0v) is 22.4. The number of carbonyl (C=O) groups is 2. The van der Waals surface area contributed by atoms with E-state index in [1.165, 1.54) is 0 Å². The van der Waals surface area contributed by atoms with Crippen molar-refractivity contribution in [2.24, 2.45) is 0 Å². The van der Waals surface area contributed by atoms with Crippen molar-refractivity contribution in [3.8, 4) is 11.5 Å². The summed E-state index contributed by atoms with van der Waals surface area (Å²) in [4.78, 5) is 24.1. The fraction of sp³-hybridized carbons (Fsp3) is 0.355. The summed E-state index contributed by atoms with van der Waals surface area (Å²) in [7, 11) is 0. The Hall–Kier alpha value is -3.80. The molecule has 2 atom stereocenters. The fourth-order valence-electron chi connectivity index (χ4n) is 3.85. The first-order valence-corrected chi connectivity index (χ1v) is 12.6. The average Bonchev–Trinajstić information content (AvgIpc) is 2.88. The molecule has 0 N–H and O–H groups in total. The summed E-state index contributed by atoms with van der Waals surface area (Å²) < 4.78 is 23.8. The van der Waals surface area contributed by atoms with Crippen molar-refractivity contribution in [2.75, 3.05) is 13.2 Å². The van der Waals surface area contributed by atoms with Crippen molar-refractivity contribution in [3.63, 3.8) is 0 Å². The highest BCUT2D eigenvalue weighted by atomic mass is 16.6. The maximum Gasteiger partial charge on any atom is 0.333 e. The van der Waals surface area contributed by atoms with E-state index in [0.717, 1.165) is 27.1 Å². The molecule has 0 saturated carbocycles. The molecule has 0 heterocycles. The highest BCUT2D eigenvalue weighted by Gasteiger charge is 2.21. The highest BCUT2D eigenvalue weighted by Crippen LogP contribution is 2.43. The first kappa shape index (κ1) is 27.8. The van der Waals surface area contributed by atoms with E-state index in [9.17, 15) is 9.59 Å². The van der Waals surface area contributed by atoms with Gasteiger partial charge in [-0.15, -0.1) is 0 Å². The van der Waals surface area contributed by atoms with Gasteiger partial charge in [-0.1, -0.05) is 69.0 Å². The summed E-state index contributed by atoms with van der Waals surface area (Å²) in [6.45, 7) is 16.9. The average molecular weight is 505 g/mol. The summed E-state index contributed by atoms with van der Waals surface area (Å²) in [5, 5.41) is 3.53. The molecular formula is C31H36O6. The Bertz CT molecular complexity index is 1320. The molecular weight excluding hydrogens is 468 g/mol. The molecule has 0 fully saturated rings. The first-order valence-electron chi connectivity index (χ1n) is 12.6. The number of hydrogen-bond donors (Lipinski definition) is 0. The Morgan fingerprint density at radius 1 is 0.730 bits per heavy atom. The van der Waals surface area contributed by atoms with Crippen molar-refractivity contribution in [1.29, 1.82) is 0 Å². The molecule has 0 aromatic heterocycles. The lowest BCUT2D eigenvalue weighted by molar-refractivity contribution is -0.146. The molecule has 0 bridgehead atoms. The van der Waals surface area contributed by atoms with Gasteiger partial charge in [-0.2, -0.15) is 0 Å². The highest BCUT2D eigenvalue weighted by molar-refractivity contribution is 6.11. The number of esters is 2. The summed E-state index contributed by atoms with van der Waals surface area (Å²) in [6.07, 6.45) is 0.396. The van der Waals surface area contributed by atoms with Crippen LogP contribution in [0.3, 0.4) is 0 Å². The largest absolute Gasteiger partial charge is 0.488 e. The van der Waals surface area contributed by atoms with E-state index in [4.69, 9.17) is 18.9 Å². The smallest absolute Gasteiger partial charge is 0.333 e. The van der Waals surface area contributed by atoms with Crippen LogP contribution in [0.4, 0.5) is 0 Å². The molecule has 0 aliphatic heterocycles. The Morgan fingerprint density at radius 2 is 1.16 bits per heavy atom. The van der Waals surface area contributed by atoms with Gasteiger partial charge >= 0.3 is 11.9 Å². The number of aryl methyl sites for hydroxylation is 1. The van der Waals surface area contributed by atoms with Gasteiger partial charge in [0.05, 0.1) is 0 Å². The standard InChI is InChI=1S/C31H36O6/c1-8-22(36-30(32)19(3)4)17-34-28-24-12-10-11-13-25(24)29(27-16-21(7)14-15-26(27)28)35-18-23(9-2)37-31(33)20(5)6/h10-16,22-23H,3,5,8-9,17-18H2,1-2,4,6-7H3. The van der Waals surface area contributed by atoms with Crippen LogP contribution in [-0.2, 0) is 19.1 Å². The van der Waals surface area contributed by atoms with Crippen LogP contribution in [-0.4, -0.2) is 37.4 Å². The second kappa shape index (κ2) is 12.4. The third kappa shape index (κ3) is 6.70. The molecule has 0 amide bonds. The SMILES string of the molecule is C=C(C)C(=O)OC(CC)COc1c2ccccc2c(OCC(CC)OC(=O)C(=C)C)c2cc(C)ccc12. The van der Waals surface area contributed by atoms with E-state index < -0.39 is 24.1 Å². The number of ether oxygens (including phenoxy) is 4. The van der Waals surface area contributed by atoms with Crippen LogP contribution in [0.15, 0.2) is 66.8 Å². The number of carbonyl (C=O) groups excluding carboxylic acids is 2. The van der Waals surface area contributed by atoms with Crippen LogP contribution in [0.1, 0.15) is 46.1 Å². The third-order valence-corrected chi connectivity index (χ3v) is 6.06. The van der Waals surface area contributed by atoms with Gasteiger partial charge in [0.1, 0.15) is 36.9 Å². The van der Waals surface area contributed by atoms with E-state index in [1.807, 2.05) is 57.2 Å². The van der Waals surface area contributed by atoms with E-state index in [0.29, 0.717) is 35.5 Å². The van der Waals surface area contributed by atoms with E-state index >= 15 is 0 Å². The minimum atomic E-state index is -0.428. The van der Waals surface area contributed by atoms with Crippen molar-refractivity contribution < 1.29 is 28.5 Å². The van der Waals surface area contributed by atoms with Crippen LogP contribution in [0, 0.1) is 6.92 Å². The number of fused-ring (bicyclic) bond motifs is 2. The van der Waals surface area contributed by atoms with Gasteiger partial charge in [0.2, 0.25) is 0 Å². The summed E-state index contributed by atoms with van der Waals surface area (Å²) >= 11 is 0. The van der Waals surface area contributed by atoms with Crippen molar-refractivity contribution in [2.45, 2.75) is 59.7 Å². The van der Waals surface area contributed by atoms with Crippen LogP contribution in [0.5, 0.6) is 11.5 Å². The van der Waals surface area contributed by atoms with Crippen molar-refractivity contribution >= 4 is 33.5 Å². The quantitative estimate of drug-likeness (QED) is 0.153. The van der Waals surface area contributed by atoms with Gasteiger partial charge in [-0.05, 0) is 39.7 Å². The van der Waals surface area contributed by atoms with Gasteiger partial charge in [-0.25, -0.2) is 9.59 Å². The van der Waals surface area contributed by atoms with Crippen LogP contribution in [0.25, 0.3) is 21.5 Å². The van der Waals surface area contributed by atoms with Crippen LogP contribution in [0.2, 0.25) is 0 Å². The molecule has 0 aliphatic rings. The summed E-state index contributed by atoms with van der Waals surface area (Å²) in [6, 6.07) is 14.0. The molecule has 0 aliphatic carbocycles. The third-order valence-electron chi connectivity index (χ3n) is 6.06. The lowest BCUT2D eigenvalue weighted by Crippen LogP contribution is -2.25. The maximum absolute atomic E-state index is 12.1. The number of rotatable bonds is 12. The molecule has 37 heavy (non-hydrogen) atoms. The zero-order chi connectivity index (χ0) is 27.1. The molecule has 0 radical (unpaired) electrons. The molecule has 0 saturated heterocycles. The topological polar surface area (TPSA) is 71.1 Å². The molecule has 6 heteroatoms. The molecule has 196 valence electrons. The minimum absolute atomic E-state index is 0.206. The summed E-state index contributed by atoms with van der Waals surface area (Å²) in [5.41, 5.74) is 1.78. The van der Waals surface area contributed by atoms with Crippen molar-refractivity contribution in [3.05, 3.63) is 72.3 Å². The number of benzene rings is 3. The predicted molar refractivity (Wildman–Crippen MR) is 147 cm³/mol. The maximum atomic E-state index is 12.1. The van der Waals surface area contributed by atoms with Crippen molar-refractivity contribution in [1.82, 2.24) is 0 Å². The lowest BCUT2D eigenvalue weighted by Gasteiger charge is -2.22. The van der Waals surface area contributed by atoms with Gasteiger partial charge in [-0.3, -0.25) is 0 Å². The predicted octanol–water partition coefficient (Wildman–Crippen LogP) is 6.85. The Morgan fingerprint density at radius 3 is 1.59 bits per heavy atom. The van der Waals surface area contributed by atoms with Gasteiger partial charge in [0.15, 0.2) is 0 Å². The van der Waals surface area contributed by atoms with E-state index in [-0.39, 0.29) is 13.2 Å². The molecule has 3 rings (SSSR count). The van der Waals surface area contributed by atoms with Gasteiger partial charge < -0.3 is 18.9 Å². The van der Waals surface area contributed by atoms with Gasteiger partial charge in [0.25, 0.3) is 0 Å². The van der Waals surface area contributed by atoms with Crippen LogP contribution >= 0.6 is 0 Å². The second-order valence-corrected chi connectivity index (χ2v) is 9.31. The second-order valence-electron chi connectivity index (χ2n) is 9.31. The van der Waals surface area contributed by atoms with E-state index in [1.54, 1.807) is 13.8 Å². The molecule has 6 nitrogen and oxygen atoms in total. The lowest BCUT2D eigenvalue weighted by atomic mass is 9.99. The number of hydrogen-bond acceptors (Lipinski definition) is 6. The minimum Gasteiger partial charge on any atom is -0.488 e. The first-order chi connectivity index (χ1) is 17.7. The fourth-order valence-corrected chi connectivity index (χ4v) is 3.85. The Labute approximate surface area is 218 Å². The Kier molecular flexibility index (Phi) is 9.34. The zero-order valence-electron chi connectivity index (χ0n) is 22.4. The monoisotopic (exact) mass is 504 g/mol.